The molecule has 1 aliphatic rings. The van der Waals surface area contributed by atoms with E-state index in [4.69, 9.17) is 4.74 Å². The number of nitrogens with zero attached hydrogens (tertiary/aromatic N) is 1. The summed E-state index contributed by atoms with van der Waals surface area (Å²) >= 11 is 0. The molecule has 1 unspecified atom stereocenters. The molecule has 0 radical (unpaired) electrons. The fraction of sp³-hybridized carbons (Fsp3) is 0.227. The molecule has 2 aromatic carbocycles. The molecule has 3 N–H and O–H groups in total. The second-order valence-electron chi connectivity index (χ2n) is 6.88. The van der Waals surface area contributed by atoms with Crippen molar-refractivity contribution in [2.75, 3.05) is 20.2 Å². The summed E-state index contributed by atoms with van der Waals surface area (Å²) in [6.45, 7) is 0.903. The Morgan fingerprint density at radius 3 is 2.72 bits per heavy atom. The number of aromatic amines is 1. The van der Waals surface area contributed by atoms with Crippen LogP contribution in [0.4, 0.5) is 0 Å². The fourth-order valence-electron chi connectivity index (χ4n) is 3.56. The summed E-state index contributed by atoms with van der Waals surface area (Å²) in [5.41, 5.74) is 3.71. The van der Waals surface area contributed by atoms with Crippen molar-refractivity contribution in [3.63, 3.8) is 0 Å². The van der Waals surface area contributed by atoms with Gasteiger partial charge in [-0.15, -0.1) is 0 Å². The largest absolute Gasteiger partial charge is 0.491 e. The van der Waals surface area contributed by atoms with E-state index in [2.05, 4.69) is 20.8 Å². The molecule has 7 nitrogen and oxygen atoms in total. The first kappa shape index (κ1) is 18.7. The molecule has 2 amide bonds. The summed E-state index contributed by atoms with van der Waals surface area (Å²) in [6, 6.07) is 15.2. The summed E-state index contributed by atoms with van der Waals surface area (Å²) < 4.78 is 5.88. The number of amides is 2. The van der Waals surface area contributed by atoms with Crippen molar-refractivity contribution >= 4 is 11.8 Å². The van der Waals surface area contributed by atoms with Crippen LogP contribution in [-0.2, 0) is 6.42 Å². The summed E-state index contributed by atoms with van der Waals surface area (Å²) in [5.74, 6) is 0.0258. The number of hydrogen-bond acceptors (Lipinski definition) is 4. The Bertz CT molecular complexity index is 1020. The van der Waals surface area contributed by atoms with Crippen LogP contribution in [0.2, 0.25) is 0 Å². The fourth-order valence-corrected chi connectivity index (χ4v) is 3.56. The van der Waals surface area contributed by atoms with Gasteiger partial charge in [-0.05, 0) is 23.8 Å². The molecule has 1 aliphatic heterocycles. The molecule has 3 aromatic rings. The van der Waals surface area contributed by atoms with Gasteiger partial charge in [-0.25, -0.2) is 0 Å². The summed E-state index contributed by atoms with van der Waals surface area (Å²) in [5, 5.41) is 12.3. The molecular formula is C22H22N4O3. The maximum atomic E-state index is 12.8. The molecule has 0 saturated carbocycles. The Balaban J connectivity index is 1.62. The second-order valence-corrected chi connectivity index (χ2v) is 6.88. The van der Waals surface area contributed by atoms with Crippen molar-refractivity contribution in [2.45, 2.75) is 12.3 Å². The summed E-state index contributed by atoms with van der Waals surface area (Å²) in [4.78, 5) is 25.2. The molecule has 0 spiro atoms. The topological polar surface area (TPSA) is 96.1 Å². The normalized spacial score (nSPS) is 14.7. The van der Waals surface area contributed by atoms with Gasteiger partial charge in [-0.3, -0.25) is 14.7 Å². The number of carbonyl (C=O) groups excluding carboxylic acids is 2. The van der Waals surface area contributed by atoms with Crippen LogP contribution in [0.1, 0.15) is 43.5 Å². The standard InChI is InChI=1S/C22H22N4O3/c1-23-22(28)18-12-15(21(27)24-9-7-16-8-10-25-26-16)11-17-19(13-29-20(17)18)14-5-3-2-4-6-14/h2-6,8,10-12,19H,7,9,13H2,1H3,(H,23,28)(H,24,27)(H,25,26). The third-order valence-electron chi connectivity index (χ3n) is 5.06. The highest BCUT2D eigenvalue weighted by Crippen LogP contribution is 2.41. The van der Waals surface area contributed by atoms with Gasteiger partial charge in [-0.1, -0.05) is 30.3 Å². The molecule has 29 heavy (non-hydrogen) atoms. The Morgan fingerprint density at radius 2 is 2.00 bits per heavy atom. The van der Waals surface area contributed by atoms with E-state index in [9.17, 15) is 9.59 Å². The van der Waals surface area contributed by atoms with Crippen molar-refractivity contribution in [2.24, 2.45) is 0 Å². The Morgan fingerprint density at radius 1 is 1.17 bits per heavy atom. The van der Waals surface area contributed by atoms with Crippen LogP contribution in [-0.4, -0.2) is 42.2 Å². The predicted molar refractivity (Wildman–Crippen MR) is 108 cm³/mol. The lowest BCUT2D eigenvalue weighted by Crippen LogP contribution is -2.27. The summed E-state index contributed by atoms with van der Waals surface area (Å²) in [7, 11) is 1.56. The second kappa shape index (κ2) is 8.18. The van der Waals surface area contributed by atoms with Crippen molar-refractivity contribution in [1.82, 2.24) is 20.8 Å². The van der Waals surface area contributed by atoms with Crippen LogP contribution in [0, 0.1) is 0 Å². The van der Waals surface area contributed by atoms with Gasteiger partial charge in [0.05, 0.1) is 12.2 Å². The number of fused-ring (bicyclic) bond motifs is 1. The minimum absolute atomic E-state index is 0.0210. The Kier molecular flexibility index (Phi) is 5.29. The Labute approximate surface area is 168 Å². The third kappa shape index (κ3) is 3.85. The monoisotopic (exact) mass is 390 g/mol. The number of H-pyrrole nitrogens is 1. The van der Waals surface area contributed by atoms with Crippen molar-refractivity contribution < 1.29 is 14.3 Å². The first-order valence-electron chi connectivity index (χ1n) is 9.51. The number of hydrogen-bond donors (Lipinski definition) is 3. The highest BCUT2D eigenvalue weighted by molar-refractivity contribution is 6.02. The zero-order valence-electron chi connectivity index (χ0n) is 16.1. The lowest BCUT2D eigenvalue weighted by molar-refractivity contribution is 0.0954. The van der Waals surface area contributed by atoms with Gasteiger partial charge < -0.3 is 15.4 Å². The minimum atomic E-state index is -0.276. The van der Waals surface area contributed by atoms with Gasteiger partial charge >= 0.3 is 0 Å². The van der Waals surface area contributed by atoms with Gasteiger partial charge in [0.1, 0.15) is 5.75 Å². The van der Waals surface area contributed by atoms with Crippen LogP contribution in [0.25, 0.3) is 0 Å². The lowest BCUT2D eigenvalue weighted by atomic mass is 9.90. The molecule has 1 aromatic heterocycles. The molecule has 148 valence electrons. The smallest absolute Gasteiger partial charge is 0.254 e. The predicted octanol–water partition coefficient (Wildman–Crippen LogP) is 2.27. The van der Waals surface area contributed by atoms with Crippen molar-refractivity contribution in [3.8, 4) is 5.75 Å². The molecule has 0 aliphatic carbocycles. The van der Waals surface area contributed by atoms with Crippen molar-refractivity contribution in [3.05, 3.63) is 82.7 Å². The zero-order chi connectivity index (χ0) is 20.2. The van der Waals surface area contributed by atoms with E-state index in [0.717, 1.165) is 16.8 Å². The zero-order valence-corrected chi connectivity index (χ0v) is 16.1. The molecule has 0 saturated heterocycles. The highest BCUT2D eigenvalue weighted by atomic mass is 16.5. The molecule has 1 atom stereocenters. The minimum Gasteiger partial charge on any atom is -0.491 e. The van der Waals surface area contributed by atoms with Gasteiger partial charge in [0, 0.05) is 48.9 Å². The number of carbonyl (C=O) groups is 2. The lowest BCUT2D eigenvalue weighted by Gasteiger charge is -2.13. The van der Waals surface area contributed by atoms with E-state index < -0.39 is 0 Å². The average Bonchev–Trinajstić information content (AvgIpc) is 3.42. The summed E-state index contributed by atoms with van der Waals surface area (Å²) in [6.07, 6.45) is 2.33. The van der Waals surface area contributed by atoms with E-state index in [-0.39, 0.29) is 17.7 Å². The van der Waals surface area contributed by atoms with E-state index >= 15 is 0 Å². The molecule has 0 bridgehead atoms. The van der Waals surface area contributed by atoms with Crippen molar-refractivity contribution in [1.29, 1.82) is 0 Å². The quantitative estimate of drug-likeness (QED) is 0.602. The number of ether oxygens (including phenoxy) is 1. The van der Waals surface area contributed by atoms with E-state index in [1.165, 1.54) is 0 Å². The van der Waals surface area contributed by atoms with Gasteiger partial charge in [-0.2, -0.15) is 5.10 Å². The first-order chi connectivity index (χ1) is 14.2. The number of benzene rings is 2. The Hall–Kier alpha value is -3.61. The molecule has 7 heteroatoms. The average molecular weight is 390 g/mol. The van der Waals surface area contributed by atoms with E-state index in [1.807, 2.05) is 42.5 Å². The van der Waals surface area contributed by atoms with Gasteiger partial charge in [0.2, 0.25) is 0 Å². The number of nitrogens with one attached hydrogen (secondary N) is 3. The molecular weight excluding hydrogens is 368 g/mol. The molecule has 4 rings (SSSR count). The van der Waals surface area contributed by atoms with Crippen LogP contribution in [0.15, 0.2) is 54.7 Å². The maximum absolute atomic E-state index is 12.8. The van der Waals surface area contributed by atoms with E-state index in [0.29, 0.717) is 36.4 Å². The number of aromatic nitrogens is 2. The van der Waals surface area contributed by atoms with Crippen LogP contribution in [0.3, 0.4) is 0 Å². The van der Waals surface area contributed by atoms with Gasteiger partial charge in [0.15, 0.2) is 0 Å². The molecule has 0 fully saturated rings. The first-order valence-corrected chi connectivity index (χ1v) is 9.51. The van der Waals surface area contributed by atoms with Gasteiger partial charge in [0.25, 0.3) is 11.8 Å². The van der Waals surface area contributed by atoms with Crippen LogP contribution in [0.5, 0.6) is 5.75 Å². The maximum Gasteiger partial charge on any atom is 0.254 e. The SMILES string of the molecule is CNC(=O)c1cc(C(=O)NCCc2ccn[nH]2)cc2c1OCC2c1ccccc1. The number of rotatable bonds is 6. The van der Waals surface area contributed by atoms with E-state index in [1.54, 1.807) is 19.3 Å². The van der Waals surface area contributed by atoms with Crippen LogP contribution < -0.4 is 15.4 Å². The highest BCUT2D eigenvalue weighted by Gasteiger charge is 2.31. The molecule has 2 heterocycles. The third-order valence-corrected chi connectivity index (χ3v) is 5.06. The van der Waals surface area contributed by atoms with Crippen LogP contribution >= 0.6 is 0 Å².